The lowest BCUT2D eigenvalue weighted by molar-refractivity contribution is 0.449. The first-order valence-electron chi connectivity index (χ1n) is 10.3. The first-order valence-corrected chi connectivity index (χ1v) is 10.3. The van der Waals surface area contributed by atoms with Crippen molar-refractivity contribution in [2.75, 3.05) is 36.0 Å². The summed E-state index contributed by atoms with van der Waals surface area (Å²) in [5.41, 5.74) is -4.40. The molecule has 0 aliphatic rings. The highest BCUT2D eigenvalue weighted by atomic mass is 19.2. The second-order valence-corrected chi connectivity index (χ2v) is 6.80. The summed E-state index contributed by atoms with van der Waals surface area (Å²) in [6, 6.07) is 0. The molecule has 0 saturated heterocycles. The maximum Gasteiger partial charge on any atom is 0.186 e. The zero-order chi connectivity index (χ0) is 25.7. The van der Waals surface area contributed by atoms with E-state index in [0.717, 1.165) is 9.80 Å². The van der Waals surface area contributed by atoms with Crippen molar-refractivity contribution in [3.05, 3.63) is 57.7 Å². The molecule has 34 heavy (non-hydrogen) atoms. The van der Waals surface area contributed by atoms with Crippen molar-refractivity contribution in [3.8, 4) is 23.7 Å². The molecular weight excluding hydrogens is 468 g/mol. The summed E-state index contributed by atoms with van der Waals surface area (Å²) in [5, 5.41) is 0. The zero-order valence-corrected chi connectivity index (χ0v) is 18.7. The van der Waals surface area contributed by atoms with Crippen molar-refractivity contribution in [1.29, 1.82) is 0 Å². The Morgan fingerprint density at radius 1 is 0.441 bits per heavy atom. The van der Waals surface area contributed by atoms with E-state index in [-0.39, 0.29) is 26.2 Å². The predicted molar refractivity (Wildman–Crippen MR) is 113 cm³/mol. The van der Waals surface area contributed by atoms with Crippen molar-refractivity contribution in [3.63, 3.8) is 0 Å². The molecule has 182 valence electrons. The lowest BCUT2D eigenvalue weighted by Crippen LogP contribution is -2.25. The Labute approximate surface area is 192 Å². The van der Waals surface area contributed by atoms with Crippen LogP contribution in [-0.4, -0.2) is 26.2 Å². The second-order valence-electron chi connectivity index (χ2n) is 6.80. The van der Waals surface area contributed by atoms with Crippen molar-refractivity contribution >= 4 is 11.4 Å². The van der Waals surface area contributed by atoms with E-state index >= 15 is 0 Å². The summed E-state index contributed by atoms with van der Waals surface area (Å²) in [6.07, 6.45) is 0. The molecule has 2 rings (SSSR count). The van der Waals surface area contributed by atoms with E-state index in [0.29, 0.717) is 0 Å². The number of halogens is 8. The number of benzene rings is 2. The Kier molecular flexibility index (Phi) is 8.80. The maximum absolute atomic E-state index is 14.3. The summed E-state index contributed by atoms with van der Waals surface area (Å²) in [5.74, 6) is -6.77. The third-order valence-electron chi connectivity index (χ3n) is 5.08. The van der Waals surface area contributed by atoms with Gasteiger partial charge >= 0.3 is 0 Å². The Bertz CT molecular complexity index is 1060. The van der Waals surface area contributed by atoms with Gasteiger partial charge in [0.25, 0.3) is 0 Å². The van der Waals surface area contributed by atoms with Gasteiger partial charge in [0.15, 0.2) is 46.5 Å². The molecule has 0 aliphatic carbocycles. The number of hydrogen-bond acceptors (Lipinski definition) is 2. The van der Waals surface area contributed by atoms with E-state index in [1.165, 1.54) is 27.7 Å². The molecule has 0 heterocycles. The molecule has 0 spiro atoms. The smallest absolute Gasteiger partial charge is 0.186 e. The quantitative estimate of drug-likeness (QED) is 0.284. The van der Waals surface area contributed by atoms with Crippen LogP contribution in [0.4, 0.5) is 46.5 Å². The van der Waals surface area contributed by atoms with Crippen LogP contribution >= 0.6 is 0 Å². The molecule has 0 aromatic heterocycles. The molecule has 0 fully saturated rings. The first-order chi connectivity index (χ1) is 16.1. The standard InChI is InChI=1S/C24H20F8N2/c1-5-33(6-2)23-19(29)15(25)13(16(26)20(23)30)11-9-10-12-14-17(27)21(31)24(22(32)18(14)28)34(7-3)8-4/h5-8H2,1-4H3. The van der Waals surface area contributed by atoms with E-state index in [2.05, 4.69) is 0 Å². The largest absolute Gasteiger partial charge is 0.367 e. The molecule has 2 nitrogen and oxygen atoms in total. The molecule has 0 aliphatic heterocycles. The minimum Gasteiger partial charge on any atom is -0.367 e. The van der Waals surface area contributed by atoms with Gasteiger partial charge in [0.05, 0.1) is 0 Å². The van der Waals surface area contributed by atoms with Gasteiger partial charge < -0.3 is 9.80 Å². The summed E-state index contributed by atoms with van der Waals surface area (Å²) in [4.78, 5) is 2.12. The summed E-state index contributed by atoms with van der Waals surface area (Å²) in [6.45, 7) is 6.38. The highest BCUT2D eigenvalue weighted by molar-refractivity contribution is 5.58. The summed E-state index contributed by atoms with van der Waals surface area (Å²) >= 11 is 0. The van der Waals surface area contributed by atoms with E-state index in [1.807, 2.05) is 0 Å². The van der Waals surface area contributed by atoms with Gasteiger partial charge in [0.2, 0.25) is 0 Å². The van der Waals surface area contributed by atoms with Crippen LogP contribution in [0, 0.1) is 70.2 Å². The Balaban J connectivity index is 2.56. The van der Waals surface area contributed by atoms with Gasteiger partial charge in [-0.3, -0.25) is 0 Å². The SMILES string of the molecule is CCN(CC)c1c(F)c(F)c(C#CC#Cc2c(F)c(F)c(N(CC)CC)c(F)c2F)c(F)c1F. The van der Waals surface area contributed by atoms with Crippen LogP contribution < -0.4 is 9.80 Å². The molecule has 0 saturated carbocycles. The van der Waals surface area contributed by atoms with Crippen molar-refractivity contribution in [1.82, 2.24) is 0 Å². The molecule has 0 bridgehead atoms. The van der Waals surface area contributed by atoms with E-state index < -0.39 is 69.0 Å². The number of hydrogen-bond donors (Lipinski definition) is 0. The summed E-state index contributed by atoms with van der Waals surface area (Å²) in [7, 11) is 0. The lowest BCUT2D eigenvalue weighted by Gasteiger charge is -2.23. The third kappa shape index (κ3) is 4.77. The Hall–Kier alpha value is -3.40. The highest BCUT2D eigenvalue weighted by Crippen LogP contribution is 2.31. The molecule has 0 atom stereocenters. The highest BCUT2D eigenvalue weighted by Gasteiger charge is 2.28. The van der Waals surface area contributed by atoms with E-state index in [1.54, 1.807) is 23.7 Å². The van der Waals surface area contributed by atoms with Gasteiger partial charge in [0, 0.05) is 26.2 Å². The normalized spacial score (nSPS) is 10.4. The van der Waals surface area contributed by atoms with Gasteiger partial charge in [-0.1, -0.05) is 0 Å². The van der Waals surface area contributed by atoms with Crippen LogP contribution in [0.5, 0.6) is 0 Å². The van der Waals surface area contributed by atoms with Gasteiger partial charge in [0.1, 0.15) is 22.5 Å². The van der Waals surface area contributed by atoms with Crippen molar-refractivity contribution < 1.29 is 35.1 Å². The minimum atomic E-state index is -1.78. The lowest BCUT2D eigenvalue weighted by atomic mass is 10.1. The topological polar surface area (TPSA) is 6.48 Å². The zero-order valence-electron chi connectivity index (χ0n) is 18.7. The number of nitrogens with zero attached hydrogens (tertiary/aromatic N) is 2. The first kappa shape index (κ1) is 26.8. The van der Waals surface area contributed by atoms with Crippen molar-refractivity contribution in [2.45, 2.75) is 27.7 Å². The molecule has 0 radical (unpaired) electrons. The van der Waals surface area contributed by atoms with Crippen LogP contribution in [0.1, 0.15) is 38.8 Å². The Morgan fingerprint density at radius 2 is 0.676 bits per heavy atom. The van der Waals surface area contributed by atoms with Gasteiger partial charge in [-0.2, -0.15) is 0 Å². The van der Waals surface area contributed by atoms with Gasteiger partial charge in [-0.15, -0.1) is 0 Å². The fourth-order valence-electron chi connectivity index (χ4n) is 3.28. The average molecular weight is 488 g/mol. The van der Waals surface area contributed by atoms with Gasteiger partial charge in [-0.25, -0.2) is 35.1 Å². The second kappa shape index (κ2) is 11.1. The molecule has 0 amide bonds. The number of anilines is 2. The van der Waals surface area contributed by atoms with E-state index in [9.17, 15) is 35.1 Å². The molecule has 10 heteroatoms. The monoisotopic (exact) mass is 488 g/mol. The molecular formula is C24H20F8N2. The Morgan fingerprint density at radius 3 is 0.882 bits per heavy atom. The fraction of sp³-hybridized carbons (Fsp3) is 0.333. The minimum absolute atomic E-state index is 0.0665. The summed E-state index contributed by atoms with van der Waals surface area (Å²) < 4.78 is 115. The van der Waals surface area contributed by atoms with Gasteiger partial charge in [-0.05, 0) is 51.4 Å². The molecule has 0 unspecified atom stereocenters. The average Bonchev–Trinajstić information content (AvgIpc) is 2.83. The molecule has 2 aromatic rings. The van der Waals surface area contributed by atoms with Crippen LogP contribution in [0.3, 0.4) is 0 Å². The maximum atomic E-state index is 14.3. The predicted octanol–water partition coefficient (Wildman–Crippen LogP) is 5.90. The van der Waals surface area contributed by atoms with Crippen LogP contribution in [-0.2, 0) is 0 Å². The van der Waals surface area contributed by atoms with Crippen molar-refractivity contribution in [2.24, 2.45) is 0 Å². The third-order valence-corrected chi connectivity index (χ3v) is 5.08. The molecule has 2 aromatic carbocycles. The number of rotatable bonds is 6. The fourth-order valence-corrected chi connectivity index (χ4v) is 3.28. The van der Waals surface area contributed by atoms with Crippen LogP contribution in [0.15, 0.2) is 0 Å². The van der Waals surface area contributed by atoms with Crippen LogP contribution in [0.2, 0.25) is 0 Å². The molecule has 0 N–H and O–H groups in total. The van der Waals surface area contributed by atoms with E-state index in [4.69, 9.17) is 0 Å². The van der Waals surface area contributed by atoms with Crippen LogP contribution in [0.25, 0.3) is 0 Å².